The SMILES string of the molecule is C=C(C)CC(N)c1cccnc1Br. The van der Waals surface area contributed by atoms with Crippen LogP contribution in [0.25, 0.3) is 0 Å². The van der Waals surface area contributed by atoms with E-state index in [9.17, 15) is 0 Å². The highest BCUT2D eigenvalue weighted by Crippen LogP contribution is 2.23. The summed E-state index contributed by atoms with van der Waals surface area (Å²) >= 11 is 3.37. The fourth-order valence-electron chi connectivity index (χ4n) is 1.16. The smallest absolute Gasteiger partial charge is 0.110 e. The van der Waals surface area contributed by atoms with Gasteiger partial charge in [0, 0.05) is 17.8 Å². The van der Waals surface area contributed by atoms with Crippen LogP contribution >= 0.6 is 15.9 Å². The van der Waals surface area contributed by atoms with E-state index in [1.807, 2.05) is 19.1 Å². The number of nitrogens with zero attached hydrogens (tertiary/aromatic N) is 1. The number of hydrogen-bond donors (Lipinski definition) is 1. The molecule has 1 aromatic rings. The van der Waals surface area contributed by atoms with Gasteiger partial charge in [0.15, 0.2) is 0 Å². The molecule has 0 aromatic carbocycles. The average Bonchev–Trinajstić information content (AvgIpc) is 2.03. The molecule has 0 saturated heterocycles. The van der Waals surface area contributed by atoms with E-state index in [4.69, 9.17) is 5.73 Å². The zero-order valence-electron chi connectivity index (χ0n) is 7.63. The Morgan fingerprint density at radius 1 is 1.77 bits per heavy atom. The Kier molecular flexibility index (Phi) is 3.63. The zero-order chi connectivity index (χ0) is 9.84. The van der Waals surface area contributed by atoms with E-state index >= 15 is 0 Å². The van der Waals surface area contributed by atoms with Crippen molar-refractivity contribution in [3.8, 4) is 0 Å². The Bertz CT molecular complexity index is 310. The van der Waals surface area contributed by atoms with Crippen molar-refractivity contribution in [3.63, 3.8) is 0 Å². The lowest BCUT2D eigenvalue weighted by molar-refractivity contribution is 0.709. The molecule has 2 N–H and O–H groups in total. The van der Waals surface area contributed by atoms with Crippen LogP contribution in [0.3, 0.4) is 0 Å². The summed E-state index contributed by atoms with van der Waals surface area (Å²) in [6, 6.07) is 3.85. The van der Waals surface area contributed by atoms with Crippen LogP contribution in [0, 0.1) is 0 Å². The lowest BCUT2D eigenvalue weighted by Gasteiger charge is -2.12. The zero-order valence-corrected chi connectivity index (χ0v) is 9.21. The third-order valence-electron chi connectivity index (χ3n) is 1.76. The summed E-state index contributed by atoms with van der Waals surface area (Å²) in [6.07, 6.45) is 2.53. The molecule has 0 spiro atoms. The Hall–Kier alpha value is -0.670. The number of hydrogen-bond acceptors (Lipinski definition) is 2. The predicted molar refractivity (Wildman–Crippen MR) is 58.3 cm³/mol. The van der Waals surface area contributed by atoms with Crippen molar-refractivity contribution in [2.45, 2.75) is 19.4 Å². The lowest BCUT2D eigenvalue weighted by atomic mass is 10.0. The van der Waals surface area contributed by atoms with Gasteiger partial charge in [0.1, 0.15) is 4.60 Å². The average molecular weight is 241 g/mol. The Labute approximate surface area is 87.0 Å². The Morgan fingerprint density at radius 2 is 2.46 bits per heavy atom. The van der Waals surface area contributed by atoms with Gasteiger partial charge >= 0.3 is 0 Å². The molecule has 13 heavy (non-hydrogen) atoms. The summed E-state index contributed by atoms with van der Waals surface area (Å²) in [7, 11) is 0. The van der Waals surface area contributed by atoms with Crippen LogP contribution in [0.5, 0.6) is 0 Å². The van der Waals surface area contributed by atoms with E-state index < -0.39 is 0 Å². The van der Waals surface area contributed by atoms with E-state index in [0.717, 1.165) is 22.2 Å². The van der Waals surface area contributed by atoms with Crippen LogP contribution in [0.4, 0.5) is 0 Å². The van der Waals surface area contributed by atoms with E-state index in [2.05, 4.69) is 27.5 Å². The van der Waals surface area contributed by atoms with E-state index in [0.29, 0.717) is 0 Å². The number of halogens is 1. The minimum atomic E-state index is -0.0134. The molecule has 0 aliphatic rings. The maximum absolute atomic E-state index is 5.97. The van der Waals surface area contributed by atoms with Crippen LogP contribution in [0.1, 0.15) is 24.9 Å². The van der Waals surface area contributed by atoms with Gasteiger partial charge < -0.3 is 5.73 Å². The topological polar surface area (TPSA) is 38.9 Å². The minimum Gasteiger partial charge on any atom is -0.324 e. The molecule has 70 valence electrons. The van der Waals surface area contributed by atoms with Gasteiger partial charge in [-0.2, -0.15) is 0 Å². The molecule has 0 aliphatic heterocycles. The van der Waals surface area contributed by atoms with Gasteiger partial charge in [-0.25, -0.2) is 4.98 Å². The number of nitrogens with two attached hydrogens (primary N) is 1. The number of pyridine rings is 1. The quantitative estimate of drug-likeness (QED) is 0.652. The fourth-order valence-corrected chi connectivity index (χ4v) is 1.70. The molecular weight excluding hydrogens is 228 g/mol. The maximum atomic E-state index is 5.97. The molecule has 1 rings (SSSR count). The summed E-state index contributed by atoms with van der Waals surface area (Å²) in [5, 5.41) is 0. The highest BCUT2D eigenvalue weighted by atomic mass is 79.9. The van der Waals surface area contributed by atoms with Gasteiger partial charge in [0.05, 0.1) is 0 Å². The molecule has 0 aliphatic carbocycles. The molecule has 1 unspecified atom stereocenters. The first kappa shape index (κ1) is 10.4. The summed E-state index contributed by atoms with van der Waals surface area (Å²) < 4.78 is 0.823. The van der Waals surface area contributed by atoms with Crippen molar-refractivity contribution < 1.29 is 0 Å². The van der Waals surface area contributed by atoms with Gasteiger partial charge in [-0.05, 0) is 35.3 Å². The molecule has 0 fully saturated rings. The molecule has 0 amide bonds. The first-order valence-corrected chi connectivity index (χ1v) is 4.91. The lowest BCUT2D eigenvalue weighted by Crippen LogP contribution is -2.11. The van der Waals surface area contributed by atoms with E-state index in [1.165, 1.54) is 0 Å². The highest BCUT2D eigenvalue weighted by molar-refractivity contribution is 9.10. The van der Waals surface area contributed by atoms with Crippen molar-refractivity contribution in [2.75, 3.05) is 0 Å². The largest absolute Gasteiger partial charge is 0.324 e. The third kappa shape index (κ3) is 2.94. The van der Waals surface area contributed by atoms with Crippen molar-refractivity contribution in [1.29, 1.82) is 0 Å². The fraction of sp³-hybridized carbons (Fsp3) is 0.300. The normalized spacial score (nSPS) is 12.5. The van der Waals surface area contributed by atoms with Crippen molar-refractivity contribution in [3.05, 3.63) is 40.6 Å². The van der Waals surface area contributed by atoms with Crippen molar-refractivity contribution in [2.24, 2.45) is 5.73 Å². The van der Waals surface area contributed by atoms with Crippen LogP contribution < -0.4 is 5.73 Å². The van der Waals surface area contributed by atoms with Gasteiger partial charge in [-0.3, -0.25) is 0 Å². The van der Waals surface area contributed by atoms with Crippen molar-refractivity contribution >= 4 is 15.9 Å². The van der Waals surface area contributed by atoms with Crippen LogP contribution in [0.15, 0.2) is 35.1 Å². The van der Waals surface area contributed by atoms with E-state index in [-0.39, 0.29) is 6.04 Å². The summed E-state index contributed by atoms with van der Waals surface area (Å²) in [5.41, 5.74) is 8.09. The molecule has 0 bridgehead atoms. The Balaban J connectivity index is 2.82. The first-order chi connectivity index (χ1) is 6.11. The highest BCUT2D eigenvalue weighted by Gasteiger charge is 2.09. The molecule has 3 heteroatoms. The maximum Gasteiger partial charge on any atom is 0.110 e. The molecule has 0 saturated carbocycles. The van der Waals surface area contributed by atoms with Gasteiger partial charge in [-0.15, -0.1) is 6.58 Å². The number of rotatable bonds is 3. The molecule has 2 nitrogen and oxygen atoms in total. The Morgan fingerprint density at radius 3 is 3.00 bits per heavy atom. The second-order valence-corrected chi connectivity index (χ2v) is 3.90. The standard InChI is InChI=1S/C10H13BrN2/c1-7(2)6-9(12)8-4-3-5-13-10(8)11/h3-5,9H,1,6,12H2,2H3. The second kappa shape index (κ2) is 4.53. The second-order valence-electron chi connectivity index (χ2n) is 3.15. The number of aromatic nitrogens is 1. The molecule has 0 radical (unpaired) electrons. The van der Waals surface area contributed by atoms with Crippen molar-refractivity contribution in [1.82, 2.24) is 4.98 Å². The van der Waals surface area contributed by atoms with E-state index in [1.54, 1.807) is 6.20 Å². The van der Waals surface area contributed by atoms with Gasteiger partial charge in [0.25, 0.3) is 0 Å². The molecular formula is C10H13BrN2. The minimum absolute atomic E-state index is 0.0134. The molecule has 1 atom stereocenters. The summed E-state index contributed by atoms with van der Waals surface area (Å²) in [6.45, 7) is 5.81. The first-order valence-electron chi connectivity index (χ1n) is 4.11. The summed E-state index contributed by atoms with van der Waals surface area (Å²) in [4.78, 5) is 4.11. The third-order valence-corrected chi connectivity index (χ3v) is 2.42. The van der Waals surface area contributed by atoms with Crippen LogP contribution in [-0.2, 0) is 0 Å². The predicted octanol–water partition coefficient (Wildman–Crippen LogP) is 2.81. The molecule has 1 aromatic heterocycles. The van der Waals surface area contributed by atoms with Crippen LogP contribution in [0.2, 0.25) is 0 Å². The van der Waals surface area contributed by atoms with Gasteiger partial charge in [0.2, 0.25) is 0 Å². The van der Waals surface area contributed by atoms with Crippen LogP contribution in [-0.4, -0.2) is 4.98 Å². The molecule has 1 heterocycles. The monoisotopic (exact) mass is 240 g/mol. The summed E-state index contributed by atoms with van der Waals surface area (Å²) in [5.74, 6) is 0. The van der Waals surface area contributed by atoms with Gasteiger partial charge in [-0.1, -0.05) is 11.6 Å².